The molecule has 0 unspecified atom stereocenters. The van der Waals surface area contributed by atoms with Gasteiger partial charge in [-0.15, -0.1) is 11.6 Å². The van der Waals surface area contributed by atoms with E-state index in [-0.39, 0.29) is 34.8 Å². The Labute approximate surface area is 102 Å². The van der Waals surface area contributed by atoms with Gasteiger partial charge in [0.05, 0.1) is 13.5 Å². The van der Waals surface area contributed by atoms with E-state index < -0.39 is 12.4 Å². The number of nitrogens with zero attached hydrogens (tertiary/aromatic N) is 1. The summed E-state index contributed by atoms with van der Waals surface area (Å²) >= 11 is 5.54. The smallest absolute Gasteiger partial charge is 0.310 e. The van der Waals surface area contributed by atoms with Gasteiger partial charge in [-0.25, -0.2) is 13.8 Å². The summed E-state index contributed by atoms with van der Waals surface area (Å²) in [6.07, 6.45) is -1.93. The number of aromatic nitrogens is 1. The number of nitrogens with two attached hydrogens (primary N) is 1. The van der Waals surface area contributed by atoms with Gasteiger partial charge in [0.2, 0.25) is 0 Å². The highest BCUT2D eigenvalue weighted by Gasteiger charge is 2.22. The summed E-state index contributed by atoms with van der Waals surface area (Å²) in [6, 6.07) is 0. The van der Waals surface area contributed by atoms with Crippen LogP contribution in [0.3, 0.4) is 0 Å². The normalized spacial score (nSPS) is 10.6. The molecule has 0 radical (unpaired) electrons. The molecule has 1 heterocycles. The van der Waals surface area contributed by atoms with Crippen LogP contribution in [0.1, 0.15) is 23.1 Å². The minimum Gasteiger partial charge on any atom is -0.469 e. The van der Waals surface area contributed by atoms with E-state index in [4.69, 9.17) is 17.3 Å². The third-order valence-corrected chi connectivity index (χ3v) is 2.54. The molecule has 0 spiro atoms. The molecule has 0 aliphatic rings. The number of hydrogen-bond acceptors (Lipinski definition) is 4. The number of carbonyl (C=O) groups excluding carboxylic acids is 1. The summed E-state index contributed by atoms with van der Waals surface area (Å²) < 4.78 is 30.2. The minimum absolute atomic E-state index is 0.0231. The second kappa shape index (κ2) is 5.77. The van der Waals surface area contributed by atoms with E-state index in [2.05, 4.69) is 9.72 Å². The standard InChI is InChI=1S/C10H11ClF2N2O2/c1-17-7(16)2-6-8(9(12)13)5(3-11)4-15-10(6)14/h4,9H,2-3H2,1H3,(H2,14,15). The zero-order valence-electron chi connectivity index (χ0n) is 9.04. The molecule has 94 valence electrons. The van der Waals surface area contributed by atoms with Crippen LogP contribution in [0, 0.1) is 0 Å². The minimum atomic E-state index is -2.77. The number of ether oxygens (including phenoxy) is 1. The van der Waals surface area contributed by atoms with Crippen molar-refractivity contribution in [2.75, 3.05) is 12.8 Å². The monoisotopic (exact) mass is 264 g/mol. The maximum Gasteiger partial charge on any atom is 0.310 e. The lowest BCUT2D eigenvalue weighted by Gasteiger charge is -2.13. The summed E-state index contributed by atoms with van der Waals surface area (Å²) in [6.45, 7) is 0. The number of pyridine rings is 1. The molecule has 7 heteroatoms. The van der Waals surface area contributed by atoms with E-state index in [0.717, 1.165) is 0 Å². The van der Waals surface area contributed by atoms with Crippen molar-refractivity contribution in [2.24, 2.45) is 0 Å². The molecule has 0 aliphatic heterocycles. The Morgan fingerprint density at radius 1 is 1.65 bits per heavy atom. The molecule has 1 aromatic rings. The Balaban J connectivity index is 3.28. The van der Waals surface area contributed by atoms with Crippen molar-refractivity contribution in [3.8, 4) is 0 Å². The van der Waals surface area contributed by atoms with Crippen LogP contribution in [0.4, 0.5) is 14.6 Å². The second-order valence-electron chi connectivity index (χ2n) is 3.25. The molecule has 0 aliphatic carbocycles. The number of hydrogen-bond donors (Lipinski definition) is 1. The van der Waals surface area contributed by atoms with E-state index in [0.29, 0.717) is 0 Å². The third-order valence-electron chi connectivity index (χ3n) is 2.25. The number of methoxy groups -OCH3 is 1. The summed E-state index contributed by atoms with van der Waals surface area (Å²) in [5.74, 6) is -0.895. The number of nitrogen functional groups attached to an aromatic ring is 1. The van der Waals surface area contributed by atoms with E-state index in [1.54, 1.807) is 0 Å². The topological polar surface area (TPSA) is 65.2 Å². The zero-order chi connectivity index (χ0) is 13.0. The predicted molar refractivity (Wildman–Crippen MR) is 58.9 cm³/mol. The number of halogens is 3. The molecular formula is C10H11ClF2N2O2. The van der Waals surface area contributed by atoms with Gasteiger partial charge in [0.25, 0.3) is 6.43 Å². The first-order chi connectivity index (χ1) is 8.01. The molecule has 0 amide bonds. The molecule has 0 atom stereocenters. The Bertz CT molecular complexity index is 427. The molecule has 0 saturated heterocycles. The SMILES string of the molecule is COC(=O)Cc1c(N)ncc(CCl)c1C(F)F. The van der Waals surface area contributed by atoms with E-state index in [1.807, 2.05) is 0 Å². The van der Waals surface area contributed by atoms with Crippen LogP contribution in [-0.2, 0) is 21.8 Å². The van der Waals surface area contributed by atoms with Crippen molar-refractivity contribution in [3.63, 3.8) is 0 Å². The van der Waals surface area contributed by atoms with Crippen LogP contribution in [0.25, 0.3) is 0 Å². The molecule has 1 aromatic heterocycles. The van der Waals surface area contributed by atoms with Gasteiger partial charge in [-0.1, -0.05) is 0 Å². The first-order valence-electron chi connectivity index (χ1n) is 4.68. The summed E-state index contributed by atoms with van der Waals surface area (Å²) in [5.41, 5.74) is 5.29. The van der Waals surface area contributed by atoms with Crippen LogP contribution in [0.15, 0.2) is 6.20 Å². The number of carbonyl (C=O) groups is 1. The number of esters is 1. The molecule has 0 bridgehead atoms. The second-order valence-corrected chi connectivity index (χ2v) is 3.52. The van der Waals surface area contributed by atoms with Crippen molar-refractivity contribution in [1.29, 1.82) is 0 Å². The van der Waals surface area contributed by atoms with Crippen LogP contribution < -0.4 is 5.73 Å². The van der Waals surface area contributed by atoms with Gasteiger partial charge in [0.15, 0.2) is 0 Å². The first kappa shape index (κ1) is 13.6. The highest BCUT2D eigenvalue weighted by Crippen LogP contribution is 2.30. The van der Waals surface area contributed by atoms with Gasteiger partial charge >= 0.3 is 5.97 Å². The fourth-order valence-corrected chi connectivity index (χ4v) is 1.62. The van der Waals surface area contributed by atoms with Gasteiger partial charge in [0, 0.05) is 23.2 Å². The molecular weight excluding hydrogens is 254 g/mol. The summed E-state index contributed by atoms with van der Waals surface area (Å²) in [5, 5.41) is 0. The predicted octanol–water partition coefficient (Wildman–Crippen LogP) is 2.06. The number of anilines is 1. The van der Waals surface area contributed by atoms with Gasteiger partial charge in [0.1, 0.15) is 5.82 Å². The Morgan fingerprint density at radius 3 is 2.76 bits per heavy atom. The third kappa shape index (κ3) is 3.03. The van der Waals surface area contributed by atoms with Gasteiger partial charge in [-0.3, -0.25) is 4.79 Å². The maximum atomic E-state index is 12.9. The highest BCUT2D eigenvalue weighted by molar-refractivity contribution is 6.17. The molecule has 2 N–H and O–H groups in total. The quantitative estimate of drug-likeness (QED) is 0.668. The maximum absolute atomic E-state index is 12.9. The number of alkyl halides is 3. The summed E-state index contributed by atoms with van der Waals surface area (Å²) in [4.78, 5) is 14.9. The van der Waals surface area contributed by atoms with Crippen LogP contribution in [0.2, 0.25) is 0 Å². The fourth-order valence-electron chi connectivity index (χ4n) is 1.41. The molecule has 4 nitrogen and oxygen atoms in total. The van der Waals surface area contributed by atoms with Crippen molar-refractivity contribution in [3.05, 3.63) is 22.9 Å². The van der Waals surface area contributed by atoms with Crippen LogP contribution in [0.5, 0.6) is 0 Å². The highest BCUT2D eigenvalue weighted by atomic mass is 35.5. The lowest BCUT2D eigenvalue weighted by atomic mass is 10.0. The number of rotatable bonds is 4. The van der Waals surface area contributed by atoms with E-state index >= 15 is 0 Å². The van der Waals surface area contributed by atoms with Crippen molar-refractivity contribution in [1.82, 2.24) is 4.98 Å². The Hall–Kier alpha value is -1.43. The van der Waals surface area contributed by atoms with E-state index in [1.165, 1.54) is 13.3 Å². The first-order valence-corrected chi connectivity index (χ1v) is 5.21. The van der Waals surface area contributed by atoms with E-state index in [9.17, 15) is 13.6 Å². The van der Waals surface area contributed by atoms with Gasteiger partial charge in [-0.05, 0) is 5.56 Å². The largest absolute Gasteiger partial charge is 0.469 e. The van der Waals surface area contributed by atoms with Crippen molar-refractivity contribution in [2.45, 2.75) is 18.7 Å². The fraction of sp³-hybridized carbons (Fsp3) is 0.400. The molecule has 0 saturated carbocycles. The molecule has 0 aromatic carbocycles. The van der Waals surface area contributed by atoms with Crippen molar-refractivity contribution >= 4 is 23.4 Å². The average molecular weight is 265 g/mol. The van der Waals surface area contributed by atoms with Crippen LogP contribution in [-0.4, -0.2) is 18.1 Å². The van der Waals surface area contributed by atoms with Gasteiger partial charge in [-0.2, -0.15) is 0 Å². The zero-order valence-corrected chi connectivity index (χ0v) is 9.80. The summed E-state index contributed by atoms with van der Waals surface area (Å²) in [7, 11) is 1.17. The average Bonchev–Trinajstić information content (AvgIpc) is 2.30. The lowest BCUT2D eigenvalue weighted by Crippen LogP contribution is -2.12. The molecule has 17 heavy (non-hydrogen) atoms. The van der Waals surface area contributed by atoms with Crippen molar-refractivity contribution < 1.29 is 18.3 Å². The molecule has 1 rings (SSSR count). The van der Waals surface area contributed by atoms with Gasteiger partial charge < -0.3 is 10.5 Å². The Morgan fingerprint density at radius 2 is 2.29 bits per heavy atom. The molecule has 0 fully saturated rings. The van der Waals surface area contributed by atoms with Crippen LogP contribution >= 0.6 is 11.6 Å². The Kier molecular flexibility index (Phi) is 4.62. The lowest BCUT2D eigenvalue weighted by molar-refractivity contribution is -0.139.